The highest BCUT2D eigenvalue weighted by atomic mass is 32.1. The first-order valence-corrected chi connectivity index (χ1v) is 8.00. The summed E-state index contributed by atoms with van der Waals surface area (Å²) in [7, 11) is 0. The van der Waals surface area contributed by atoms with Crippen LogP contribution in [0, 0.1) is 5.92 Å². The summed E-state index contributed by atoms with van der Waals surface area (Å²) in [5.74, 6) is 1.78. The van der Waals surface area contributed by atoms with Crippen LogP contribution < -0.4 is 15.8 Å². The van der Waals surface area contributed by atoms with E-state index in [0.29, 0.717) is 36.5 Å². The minimum absolute atomic E-state index is 0.399. The topological polar surface area (TPSA) is 80.4 Å². The number of hydrogen-bond acceptors (Lipinski definition) is 6. The minimum Gasteiger partial charge on any atom is -0.476 e. The van der Waals surface area contributed by atoms with Gasteiger partial charge < -0.3 is 20.9 Å². The van der Waals surface area contributed by atoms with Crippen molar-refractivity contribution in [3.63, 3.8) is 0 Å². The monoisotopic (exact) mass is 305 g/mol. The predicted molar refractivity (Wildman–Crippen MR) is 84.6 cm³/mol. The van der Waals surface area contributed by atoms with Crippen LogP contribution in [0.3, 0.4) is 0 Å². The van der Waals surface area contributed by atoms with E-state index in [2.05, 4.69) is 10.3 Å². The standard InChI is InChI=1S/C15H19N3O2S/c16-12-3-4-14(18-15(12)20-8-10-1-2-10)17-7-13(19)11-5-6-21-9-11/h3-6,9-10,13,19H,1-2,7-8,16H2,(H,17,18). The minimum atomic E-state index is -0.550. The summed E-state index contributed by atoms with van der Waals surface area (Å²) in [6, 6.07) is 5.48. The van der Waals surface area contributed by atoms with Crippen molar-refractivity contribution in [3.8, 4) is 5.88 Å². The van der Waals surface area contributed by atoms with Gasteiger partial charge in [0, 0.05) is 6.54 Å². The Morgan fingerprint density at radius 3 is 3.00 bits per heavy atom. The van der Waals surface area contributed by atoms with E-state index in [0.717, 1.165) is 5.56 Å². The Hall–Kier alpha value is -1.79. The number of nitrogen functional groups attached to an aromatic ring is 1. The summed E-state index contributed by atoms with van der Waals surface area (Å²) in [4.78, 5) is 4.36. The molecule has 1 atom stereocenters. The molecule has 2 aromatic heterocycles. The lowest BCUT2D eigenvalue weighted by Crippen LogP contribution is -2.13. The van der Waals surface area contributed by atoms with Gasteiger partial charge >= 0.3 is 0 Å². The van der Waals surface area contributed by atoms with E-state index in [9.17, 15) is 5.11 Å². The Labute approximate surface area is 127 Å². The number of rotatable bonds is 7. The van der Waals surface area contributed by atoms with Gasteiger partial charge in [-0.1, -0.05) is 0 Å². The maximum atomic E-state index is 10.0. The first-order valence-electron chi connectivity index (χ1n) is 7.05. The first-order chi connectivity index (χ1) is 10.2. The zero-order valence-electron chi connectivity index (χ0n) is 11.7. The summed E-state index contributed by atoms with van der Waals surface area (Å²) in [5, 5.41) is 17.0. The van der Waals surface area contributed by atoms with Gasteiger partial charge in [0.25, 0.3) is 0 Å². The van der Waals surface area contributed by atoms with Gasteiger partial charge in [0.05, 0.1) is 18.4 Å². The van der Waals surface area contributed by atoms with Crippen LogP contribution in [0.4, 0.5) is 11.5 Å². The fraction of sp³-hybridized carbons (Fsp3) is 0.400. The highest BCUT2D eigenvalue weighted by molar-refractivity contribution is 7.07. The Bertz CT molecular complexity index is 585. The molecule has 1 saturated carbocycles. The average Bonchev–Trinajstić information content (AvgIpc) is 3.16. The largest absolute Gasteiger partial charge is 0.476 e. The van der Waals surface area contributed by atoms with Crippen molar-refractivity contribution in [2.24, 2.45) is 5.92 Å². The Kier molecular flexibility index (Phi) is 4.26. The molecule has 0 aliphatic heterocycles. The number of nitrogens with one attached hydrogen (secondary N) is 1. The SMILES string of the molecule is Nc1ccc(NCC(O)c2ccsc2)nc1OCC1CC1. The Morgan fingerprint density at radius 1 is 1.43 bits per heavy atom. The van der Waals surface area contributed by atoms with Crippen molar-refractivity contribution in [2.45, 2.75) is 18.9 Å². The zero-order valence-corrected chi connectivity index (χ0v) is 12.5. The molecule has 21 heavy (non-hydrogen) atoms. The number of pyridine rings is 1. The molecule has 2 aromatic rings. The average molecular weight is 305 g/mol. The summed E-state index contributed by atoms with van der Waals surface area (Å²) in [5.41, 5.74) is 7.32. The van der Waals surface area contributed by atoms with Crippen LogP contribution in [0.5, 0.6) is 5.88 Å². The highest BCUT2D eigenvalue weighted by Crippen LogP contribution is 2.30. The fourth-order valence-electron chi connectivity index (χ4n) is 1.93. The highest BCUT2D eigenvalue weighted by Gasteiger charge is 2.22. The van der Waals surface area contributed by atoms with E-state index in [1.54, 1.807) is 23.5 Å². The lowest BCUT2D eigenvalue weighted by molar-refractivity contribution is 0.192. The smallest absolute Gasteiger partial charge is 0.239 e. The van der Waals surface area contributed by atoms with E-state index >= 15 is 0 Å². The van der Waals surface area contributed by atoms with E-state index in [4.69, 9.17) is 10.5 Å². The molecule has 112 valence electrons. The summed E-state index contributed by atoms with van der Waals surface area (Å²) in [6.45, 7) is 1.08. The molecule has 1 aliphatic carbocycles. The normalized spacial score (nSPS) is 15.7. The molecule has 6 heteroatoms. The second-order valence-electron chi connectivity index (χ2n) is 5.30. The lowest BCUT2D eigenvalue weighted by atomic mass is 10.2. The second-order valence-corrected chi connectivity index (χ2v) is 6.08. The van der Waals surface area contributed by atoms with E-state index in [-0.39, 0.29) is 0 Å². The third-order valence-electron chi connectivity index (χ3n) is 3.45. The van der Waals surface area contributed by atoms with Crippen molar-refractivity contribution in [3.05, 3.63) is 34.5 Å². The molecular weight excluding hydrogens is 286 g/mol. The fourth-order valence-corrected chi connectivity index (χ4v) is 2.64. The number of aliphatic hydroxyl groups excluding tert-OH is 1. The van der Waals surface area contributed by atoms with Crippen molar-refractivity contribution in [2.75, 3.05) is 24.2 Å². The van der Waals surface area contributed by atoms with Gasteiger partial charge in [0.15, 0.2) is 0 Å². The van der Waals surface area contributed by atoms with Crippen LogP contribution in [-0.4, -0.2) is 23.2 Å². The zero-order chi connectivity index (χ0) is 14.7. The quantitative estimate of drug-likeness (QED) is 0.733. The van der Waals surface area contributed by atoms with Gasteiger partial charge in [-0.15, -0.1) is 0 Å². The molecule has 0 radical (unpaired) electrons. The lowest BCUT2D eigenvalue weighted by Gasteiger charge is -2.13. The third kappa shape index (κ3) is 3.86. The Morgan fingerprint density at radius 2 is 2.29 bits per heavy atom. The van der Waals surface area contributed by atoms with Crippen LogP contribution in [0.1, 0.15) is 24.5 Å². The van der Waals surface area contributed by atoms with E-state index < -0.39 is 6.10 Å². The van der Waals surface area contributed by atoms with Crippen molar-refractivity contribution < 1.29 is 9.84 Å². The summed E-state index contributed by atoms with van der Waals surface area (Å²) >= 11 is 1.57. The van der Waals surface area contributed by atoms with Crippen molar-refractivity contribution in [1.29, 1.82) is 0 Å². The number of ether oxygens (including phenoxy) is 1. The number of aliphatic hydroxyl groups is 1. The molecule has 2 heterocycles. The van der Waals surface area contributed by atoms with Crippen LogP contribution in [0.15, 0.2) is 29.0 Å². The molecule has 0 amide bonds. The molecule has 0 aromatic carbocycles. The number of nitrogens with two attached hydrogens (primary N) is 1. The number of anilines is 2. The number of hydrogen-bond donors (Lipinski definition) is 3. The molecule has 3 rings (SSSR count). The maximum Gasteiger partial charge on any atom is 0.239 e. The predicted octanol–water partition coefficient (Wildman–Crippen LogP) is 2.66. The molecule has 4 N–H and O–H groups in total. The molecule has 5 nitrogen and oxygen atoms in total. The molecule has 1 unspecified atom stereocenters. The van der Waals surface area contributed by atoms with Gasteiger partial charge in [-0.25, -0.2) is 0 Å². The molecule has 1 aliphatic rings. The number of nitrogens with zero attached hydrogens (tertiary/aromatic N) is 1. The van der Waals surface area contributed by atoms with Gasteiger partial charge in [0.2, 0.25) is 5.88 Å². The molecule has 0 bridgehead atoms. The number of thiophene rings is 1. The third-order valence-corrected chi connectivity index (χ3v) is 4.15. The first kappa shape index (κ1) is 14.2. The van der Waals surface area contributed by atoms with E-state index in [1.807, 2.05) is 16.8 Å². The molecular formula is C15H19N3O2S. The van der Waals surface area contributed by atoms with Crippen molar-refractivity contribution in [1.82, 2.24) is 4.98 Å². The summed E-state index contributed by atoms with van der Waals surface area (Å²) in [6.07, 6.45) is 1.90. The molecule has 0 spiro atoms. The molecule has 1 fully saturated rings. The van der Waals surface area contributed by atoms with Crippen LogP contribution in [0.2, 0.25) is 0 Å². The number of aromatic nitrogens is 1. The summed E-state index contributed by atoms with van der Waals surface area (Å²) < 4.78 is 5.64. The van der Waals surface area contributed by atoms with Gasteiger partial charge in [-0.3, -0.25) is 0 Å². The van der Waals surface area contributed by atoms with Crippen LogP contribution >= 0.6 is 11.3 Å². The second kappa shape index (κ2) is 6.32. The van der Waals surface area contributed by atoms with Crippen LogP contribution in [0.25, 0.3) is 0 Å². The van der Waals surface area contributed by atoms with Crippen LogP contribution in [-0.2, 0) is 0 Å². The molecule has 0 saturated heterocycles. The van der Waals surface area contributed by atoms with Gasteiger partial charge in [-0.05, 0) is 53.3 Å². The van der Waals surface area contributed by atoms with E-state index in [1.165, 1.54) is 12.8 Å². The van der Waals surface area contributed by atoms with Gasteiger partial charge in [-0.2, -0.15) is 16.3 Å². The van der Waals surface area contributed by atoms with Crippen molar-refractivity contribution >= 4 is 22.8 Å². The van der Waals surface area contributed by atoms with Gasteiger partial charge in [0.1, 0.15) is 5.82 Å². The Balaban J connectivity index is 1.58. The maximum absolute atomic E-state index is 10.0.